The Bertz CT molecular complexity index is 1180. The molecule has 0 atom stereocenters. The highest BCUT2D eigenvalue weighted by atomic mass is 32.1. The lowest BCUT2D eigenvalue weighted by atomic mass is 10.2. The van der Waals surface area contributed by atoms with E-state index in [-0.39, 0.29) is 30.1 Å². The van der Waals surface area contributed by atoms with Gasteiger partial charge in [-0.1, -0.05) is 17.4 Å². The summed E-state index contributed by atoms with van der Waals surface area (Å²) in [5.41, 5.74) is 1.03. The number of rotatable bonds is 6. The Kier molecular flexibility index (Phi) is 6.73. The molecule has 7 nitrogen and oxygen atoms in total. The summed E-state index contributed by atoms with van der Waals surface area (Å²) in [7, 11) is 0. The van der Waals surface area contributed by atoms with Crippen molar-refractivity contribution < 1.29 is 28.2 Å². The minimum Gasteiger partial charge on any atom is -0.465 e. The fourth-order valence-electron chi connectivity index (χ4n) is 2.76. The first-order valence-electron chi connectivity index (χ1n) is 9.23. The first-order chi connectivity index (χ1) is 14.4. The van der Waals surface area contributed by atoms with Crippen molar-refractivity contribution in [2.45, 2.75) is 20.4 Å². The van der Waals surface area contributed by atoms with E-state index in [0.29, 0.717) is 15.8 Å². The summed E-state index contributed by atoms with van der Waals surface area (Å²) >= 11 is 1.13. The number of esters is 2. The lowest BCUT2D eigenvalue weighted by Crippen LogP contribution is -2.23. The molecule has 3 rings (SSSR count). The van der Waals surface area contributed by atoms with Crippen molar-refractivity contribution in [2.75, 3.05) is 13.2 Å². The van der Waals surface area contributed by atoms with Gasteiger partial charge in [0.05, 0.1) is 29.0 Å². The Morgan fingerprint density at radius 3 is 2.50 bits per heavy atom. The third-order valence-electron chi connectivity index (χ3n) is 4.06. The molecule has 1 heterocycles. The molecule has 0 radical (unpaired) electrons. The third kappa shape index (κ3) is 4.80. The molecule has 0 spiro atoms. The van der Waals surface area contributed by atoms with Gasteiger partial charge < -0.3 is 14.0 Å². The average molecular weight is 430 g/mol. The summed E-state index contributed by atoms with van der Waals surface area (Å²) in [5, 5.41) is 0. The summed E-state index contributed by atoms with van der Waals surface area (Å²) in [6.07, 6.45) is 0. The van der Waals surface area contributed by atoms with Crippen molar-refractivity contribution in [3.8, 4) is 0 Å². The van der Waals surface area contributed by atoms with E-state index >= 15 is 0 Å². The van der Waals surface area contributed by atoms with Crippen molar-refractivity contribution in [3.05, 3.63) is 64.2 Å². The van der Waals surface area contributed by atoms with Gasteiger partial charge in [0.2, 0.25) is 0 Å². The van der Waals surface area contributed by atoms with Gasteiger partial charge in [-0.05, 0) is 50.2 Å². The minimum atomic E-state index is -0.649. The van der Waals surface area contributed by atoms with Gasteiger partial charge in [-0.3, -0.25) is 9.59 Å². The van der Waals surface area contributed by atoms with Crippen molar-refractivity contribution in [2.24, 2.45) is 4.99 Å². The molecule has 2 aromatic carbocycles. The summed E-state index contributed by atoms with van der Waals surface area (Å²) in [6.45, 7) is 3.69. The van der Waals surface area contributed by atoms with Crippen molar-refractivity contribution in [1.29, 1.82) is 0 Å². The van der Waals surface area contributed by atoms with Crippen LogP contribution in [0.2, 0.25) is 0 Å². The lowest BCUT2D eigenvalue weighted by molar-refractivity contribution is -0.143. The number of carbonyl (C=O) groups excluding carboxylic acids is 3. The average Bonchev–Trinajstić information content (AvgIpc) is 3.04. The number of halogens is 1. The molecule has 3 aromatic rings. The Morgan fingerprint density at radius 2 is 1.80 bits per heavy atom. The highest BCUT2D eigenvalue weighted by molar-refractivity contribution is 7.16. The smallest absolute Gasteiger partial charge is 0.338 e. The topological polar surface area (TPSA) is 87.0 Å². The van der Waals surface area contributed by atoms with Gasteiger partial charge >= 0.3 is 11.9 Å². The van der Waals surface area contributed by atoms with Crippen LogP contribution in [0.15, 0.2) is 47.5 Å². The maximum absolute atomic E-state index is 13.5. The molecule has 0 aliphatic rings. The normalized spacial score (nSPS) is 11.5. The molecule has 0 unspecified atom stereocenters. The summed E-state index contributed by atoms with van der Waals surface area (Å²) < 4.78 is 25.6. The molecule has 0 saturated carbocycles. The maximum atomic E-state index is 13.5. The number of thiazole rings is 1. The highest BCUT2D eigenvalue weighted by Gasteiger charge is 2.15. The molecular weight excluding hydrogens is 411 g/mol. The second-order valence-corrected chi connectivity index (χ2v) is 7.12. The van der Waals surface area contributed by atoms with E-state index in [9.17, 15) is 18.8 Å². The molecule has 0 fully saturated rings. The molecule has 0 bridgehead atoms. The lowest BCUT2D eigenvalue weighted by Gasteiger charge is -2.06. The van der Waals surface area contributed by atoms with E-state index in [1.54, 1.807) is 32.0 Å². The van der Waals surface area contributed by atoms with Crippen LogP contribution < -0.4 is 4.80 Å². The van der Waals surface area contributed by atoms with Crippen LogP contribution in [0.25, 0.3) is 10.2 Å². The summed E-state index contributed by atoms with van der Waals surface area (Å²) in [6, 6.07) is 10.0. The zero-order valence-electron chi connectivity index (χ0n) is 16.4. The van der Waals surface area contributed by atoms with Crippen LogP contribution in [0.5, 0.6) is 0 Å². The fraction of sp³-hybridized carbons (Fsp3) is 0.238. The van der Waals surface area contributed by atoms with Crippen molar-refractivity contribution in [1.82, 2.24) is 4.57 Å². The van der Waals surface area contributed by atoms with Gasteiger partial charge in [-0.25, -0.2) is 9.18 Å². The van der Waals surface area contributed by atoms with Crippen LogP contribution >= 0.6 is 11.3 Å². The standard InChI is InChI=1S/C21H19FN2O5S/c1-3-28-18(25)12-24-16-9-8-14(20(27)29-4-2)11-17(16)30-21(24)23-19(26)13-6-5-7-15(22)10-13/h5-11H,3-4,12H2,1-2H3. The Labute approximate surface area is 175 Å². The van der Waals surface area contributed by atoms with Crippen LogP contribution in [-0.2, 0) is 20.8 Å². The van der Waals surface area contributed by atoms with E-state index in [1.165, 1.54) is 22.8 Å². The second-order valence-electron chi connectivity index (χ2n) is 6.11. The number of benzene rings is 2. The molecular formula is C21H19FN2O5S. The summed E-state index contributed by atoms with van der Waals surface area (Å²) in [5.74, 6) is -2.17. The van der Waals surface area contributed by atoms with Gasteiger partial charge in [-0.15, -0.1) is 0 Å². The van der Waals surface area contributed by atoms with E-state index in [1.807, 2.05) is 0 Å². The largest absolute Gasteiger partial charge is 0.465 e. The highest BCUT2D eigenvalue weighted by Crippen LogP contribution is 2.20. The molecule has 0 saturated heterocycles. The van der Waals surface area contributed by atoms with Gasteiger partial charge in [0.1, 0.15) is 12.4 Å². The number of ether oxygens (including phenoxy) is 2. The first kappa shape index (κ1) is 21.4. The van der Waals surface area contributed by atoms with Crippen LogP contribution in [-0.4, -0.2) is 35.6 Å². The predicted molar refractivity (Wildman–Crippen MR) is 109 cm³/mol. The molecule has 0 N–H and O–H groups in total. The van der Waals surface area contributed by atoms with Crippen LogP contribution in [0.1, 0.15) is 34.6 Å². The van der Waals surface area contributed by atoms with Crippen LogP contribution in [0, 0.1) is 5.82 Å². The first-order valence-corrected chi connectivity index (χ1v) is 10.0. The number of fused-ring (bicyclic) bond motifs is 1. The van der Waals surface area contributed by atoms with Crippen LogP contribution in [0.3, 0.4) is 0 Å². The van der Waals surface area contributed by atoms with Gasteiger partial charge in [0, 0.05) is 5.56 Å². The summed E-state index contributed by atoms with van der Waals surface area (Å²) in [4.78, 5) is 41.0. The Hall–Kier alpha value is -3.33. The zero-order chi connectivity index (χ0) is 21.7. The number of aromatic nitrogens is 1. The quantitative estimate of drug-likeness (QED) is 0.560. The predicted octanol–water partition coefficient (Wildman–Crippen LogP) is 3.32. The molecule has 0 aliphatic carbocycles. The Balaban J connectivity index is 2.11. The van der Waals surface area contributed by atoms with Crippen molar-refractivity contribution >= 4 is 39.4 Å². The molecule has 1 aromatic heterocycles. The number of nitrogens with zero attached hydrogens (tertiary/aromatic N) is 2. The third-order valence-corrected chi connectivity index (χ3v) is 5.10. The maximum Gasteiger partial charge on any atom is 0.338 e. The van der Waals surface area contributed by atoms with E-state index in [0.717, 1.165) is 17.4 Å². The van der Waals surface area contributed by atoms with E-state index in [2.05, 4.69) is 4.99 Å². The monoisotopic (exact) mass is 430 g/mol. The van der Waals surface area contributed by atoms with E-state index in [4.69, 9.17) is 9.47 Å². The second kappa shape index (κ2) is 9.45. The molecule has 9 heteroatoms. The number of hydrogen-bond acceptors (Lipinski definition) is 6. The fourth-order valence-corrected chi connectivity index (χ4v) is 3.83. The number of hydrogen-bond donors (Lipinski definition) is 0. The molecule has 0 aliphatic heterocycles. The zero-order valence-corrected chi connectivity index (χ0v) is 17.2. The Morgan fingerprint density at radius 1 is 1.03 bits per heavy atom. The number of carbonyl (C=O) groups is 3. The van der Waals surface area contributed by atoms with Gasteiger partial charge in [-0.2, -0.15) is 4.99 Å². The minimum absolute atomic E-state index is 0.0855. The molecule has 30 heavy (non-hydrogen) atoms. The molecule has 156 valence electrons. The van der Waals surface area contributed by atoms with Gasteiger partial charge in [0.15, 0.2) is 4.80 Å². The van der Waals surface area contributed by atoms with Crippen LogP contribution in [0.4, 0.5) is 4.39 Å². The SMILES string of the molecule is CCOC(=O)Cn1c(=NC(=O)c2cccc(F)c2)sc2cc(C(=O)OCC)ccc21. The van der Waals surface area contributed by atoms with E-state index < -0.39 is 23.7 Å². The van der Waals surface area contributed by atoms with Gasteiger partial charge in [0.25, 0.3) is 5.91 Å². The van der Waals surface area contributed by atoms with Crippen molar-refractivity contribution in [3.63, 3.8) is 0 Å². The number of amides is 1. The molecule has 1 amide bonds.